The zero-order valence-corrected chi connectivity index (χ0v) is 15.4. The molecule has 0 saturated heterocycles. The molecule has 0 aliphatic rings. The first-order valence-electron chi connectivity index (χ1n) is 8.41. The molecule has 0 atom stereocenters. The van der Waals surface area contributed by atoms with Crippen LogP contribution < -0.4 is 10.1 Å². The molecule has 26 heavy (non-hydrogen) atoms. The van der Waals surface area contributed by atoms with Gasteiger partial charge in [-0.2, -0.15) is 0 Å². The number of nitrogens with one attached hydrogen (secondary N) is 1. The highest BCUT2D eigenvalue weighted by molar-refractivity contribution is 8.00. The molecule has 3 aromatic rings. The minimum Gasteiger partial charge on any atom is -0.497 e. The fourth-order valence-corrected chi connectivity index (χ4v) is 3.76. The van der Waals surface area contributed by atoms with Crippen molar-refractivity contribution >= 4 is 23.4 Å². The molecule has 0 unspecified atom stereocenters. The minimum atomic E-state index is -0.0166. The van der Waals surface area contributed by atoms with Crippen LogP contribution >= 0.6 is 11.8 Å². The van der Waals surface area contributed by atoms with Crippen LogP contribution in [-0.4, -0.2) is 18.8 Å². The van der Waals surface area contributed by atoms with E-state index in [0.717, 1.165) is 11.4 Å². The van der Waals surface area contributed by atoms with Gasteiger partial charge in [0.2, 0.25) is 5.91 Å². The van der Waals surface area contributed by atoms with Gasteiger partial charge in [-0.3, -0.25) is 4.79 Å². The fourth-order valence-electron chi connectivity index (χ4n) is 2.67. The highest BCUT2D eigenvalue weighted by Gasteiger charge is 2.16. The van der Waals surface area contributed by atoms with Crippen molar-refractivity contribution < 1.29 is 9.53 Å². The number of carbonyl (C=O) groups is 1. The SMILES string of the molecule is COc1ccc(NC(=O)CSC(c2ccccc2)c2ccccc2)cc1. The molecule has 132 valence electrons. The second-order valence-electron chi connectivity index (χ2n) is 5.79. The lowest BCUT2D eigenvalue weighted by atomic mass is 10.0. The van der Waals surface area contributed by atoms with Crippen molar-refractivity contribution in [1.29, 1.82) is 0 Å². The Morgan fingerprint density at radius 2 is 1.42 bits per heavy atom. The third-order valence-electron chi connectivity index (χ3n) is 3.96. The molecule has 3 aromatic carbocycles. The lowest BCUT2D eigenvalue weighted by Crippen LogP contribution is -2.15. The number of hydrogen-bond acceptors (Lipinski definition) is 3. The summed E-state index contributed by atoms with van der Waals surface area (Å²) < 4.78 is 5.13. The van der Waals surface area contributed by atoms with Crippen LogP contribution in [-0.2, 0) is 4.79 Å². The second kappa shape index (κ2) is 9.11. The third-order valence-corrected chi connectivity index (χ3v) is 5.27. The molecule has 0 heterocycles. The average molecular weight is 363 g/mol. The predicted octanol–water partition coefficient (Wildman–Crippen LogP) is 5.16. The maximum absolute atomic E-state index is 12.4. The minimum absolute atomic E-state index is 0.0166. The summed E-state index contributed by atoms with van der Waals surface area (Å²) in [5, 5.41) is 3.06. The molecule has 0 aliphatic heterocycles. The van der Waals surface area contributed by atoms with E-state index in [0.29, 0.717) is 5.75 Å². The van der Waals surface area contributed by atoms with Gasteiger partial charge in [-0.15, -0.1) is 11.8 Å². The van der Waals surface area contributed by atoms with Gasteiger partial charge in [0, 0.05) is 5.69 Å². The number of hydrogen-bond donors (Lipinski definition) is 1. The van der Waals surface area contributed by atoms with Crippen molar-refractivity contribution in [1.82, 2.24) is 0 Å². The number of amides is 1. The first-order valence-corrected chi connectivity index (χ1v) is 9.46. The topological polar surface area (TPSA) is 38.3 Å². The van der Waals surface area contributed by atoms with Crippen molar-refractivity contribution in [2.45, 2.75) is 5.25 Å². The van der Waals surface area contributed by atoms with E-state index in [4.69, 9.17) is 4.74 Å². The van der Waals surface area contributed by atoms with Gasteiger partial charge in [-0.25, -0.2) is 0 Å². The van der Waals surface area contributed by atoms with Gasteiger partial charge in [0.05, 0.1) is 18.1 Å². The Kier molecular flexibility index (Phi) is 6.34. The quantitative estimate of drug-likeness (QED) is 0.630. The molecule has 0 saturated carbocycles. The monoisotopic (exact) mass is 363 g/mol. The molecule has 0 aliphatic carbocycles. The molecule has 0 radical (unpaired) electrons. The molecule has 0 aromatic heterocycles. The molecular weight excluding hydrogens is 342 g/mol. The van der Waals surface area contributed by atoms with Crippen LogP contribution in [0.15, 0.2) is 84.9 Å². The van der Waals surface area contributed by atoms with Crippen LogP contribution in [0, 0.1) is 0 Å². The zero-order chi connectivity index (χ0) is 18.2. The Morgan fingerprint density at radius 1 is 0.885 bits per heavy atom. The van der Waals surface area contributed by atoms with E-state index < -0.39 is 0 Å². The van der Waals surface area contributed by atoms with Gasteiger partial charge in [0.1, 0.15) is 5.75 Å². The largest absolute Gasteiger partial charge is 0.497 e. The van der Waals surface area contributed by atoms with Gasteiger partial charge < -0.3 is 10.1 Å². The van der Waals surface area contributed by atoms with Crippen LogP contribution in [0.5, 0.6) is 5.75 Å². The molecule has 3 nitrogen and oxygen atoms in total. The Morgan fingerprint density at radius 3 is 1.92 bits per heavy atom. The Hall–Kier alpha value is -2.72. The molecule has 3 rings (SSSR count). The second-order valence-corrected chi connectivity index (χ2v) is 6.88. The van der Waals surface area contributed by atoms with Crippen molar-refractivity contribution in [2.75, 3.05) is 18.2 Å². The van der Waals surface area contributed by atoms with E-state index in [1.54, 1.807) is 18.9 Å². The Labute approximate surface area is 158 Å². The number of methoxy groups -OCH3 is 1. The number of anilines is 1. The summed E-state index contributed by atoms with van der Waals surface area (Å²) in [5.41, 5.74) is 3.16. The lowest BCUT2D eigenvalue weighted by Gasteiger charge is -2.17. The number of carbonyl (C=O) groups excluding carboxylic acids is 1. The summed E-state index contributed by atoms with van der Waals surface area (Å²) in [7, 11) is 1.62. The highest BCUT2D eigenvalue weighted by Crippen LogP contribution is 2.35. The van der Waals surface area contributed by atoms with Gasteiger partial charge in [-0.05, 0) is 35.4 Å². The van der Waals surface area contributed by atoms with Crippen molar-refractivity contribution in [3.63, 3.8) is 0 Å². The summed E-state index contributed by atoms with van der Waals surface area (Å²) in [4.78, 5) is 12.4. The Balaban J connectivity index is 1.66. The number of ether oxygens (including phenoxy) is 1. The van der Waals surface area contributed by atoms with Crippen molar-refractivity contribution in [2.24, 2.45) is 0 Å². The first-order chi connectivity index (χ1) is 12.8. The third kappa shape index (κ3) is 4.90. The van der Waals surface area contributed by atoms with Crippen molar-refractivity contribution in [3.05, 3.63) is 96.1 Å². The summed E-state index contributed by atoms with van der Waals surface area (Å²) in [5.74, 6) is 1.13. The van der Waals surface area contributed by atoms with E-state index >= 15 is 0 Å². The maximum atomic E-state index is 12.4. The van der Waals surface area contributed by atoms with E-state index in [1.165, 1.54) is 11.1 Å². The van der Waals surface area contributed by atoms with Crippen LogP contribution in [0.4, 0.5) is 5.69 Å². The number of benzene rings is 3. The normalized spacial score (nSPS) is 10.5. The predicted molar refractivity (Wildman–Crippen MR) is 109 cm³/mol. The summed E-state index contributed by atoms with van der Waals surface area (Å²) in [6.45, 7) is 0. The van der Waals surface area contributed by atoms with Crippen LogP contribution in [0.3, 0.4) is 0 Å². The number of rotatable bonds is 7. The summed E-state index contributed by atoms with van der Waals surface area (Å²) in [6.07, 6.45) is 0. The average Bonchev–Trinajstić information content (AvgIpc) is 2.70. The molecule has 4 heteroatoms. The maximum Gasteiger partial charge on any atom is 0.234 e. The first kappa shape index (κ1) is 18.1. The summed E-state index contributed by atoms with van der Waals surface area (Å²) in [6, 6.07) is 27.9. The highest BCUT2D eigenvalue weighted by atomic mass is 32.2. The van der Waals surface area contributed by atoms with E-state index in [9.17, 15) is 4.79 Å². The van der Waals surface area contributed by atoms with Gasteiger partial charge in [0.25, 0.3) is 0 Å². The van der Waals surface area contributed by atoms with E-state index in [1.807, 2.05) is 60.7 Å². The van der Waals surface area contributed by atoms with E-state index in [2.05, 4.69) is 29.6 Å². The fraction of sp³-hybridized carbons (Fsp3) is 0.136. The Bertz CT molecular complexity index is 780. The van der Waals surface area contributed by atoms with Crippen LogP contribution in [0.25, 0.3) is 0 Å². The van der Waals surface area contributed by atoms with Gasteiger partial charge in [-0.1, -0.05) is 60.7 Å². The van der Waals surface area contributed by atoms with E-state index in [-0.39, 0.29) is 11.2 Å². The summed E-state index contributed by atoms with van der Waals surface area (Å²) >= 11 is 1.63. The lowest BCUT2D eigenvalue weighted by molar-refractivity contribution is -0.113. The molecule has 1 amide bonds. The molecule has 1 N–H and O–H groups in total. The molecule has 0 fully saturated rings. The molecular formula is C22H21NO2S. The molecule has 0 spiro atoms. The number of thioether (sulfide) groups is 1. The van der Waals surface area contributed by atoms with Crippen molar-refractivity contribution in [3.8, 4) is 5.75 Å². The van der Waals surface area contributed by atoms with Gasteiger partial charge in [0.15, 0.2) is 0 Å². The standard InChI is InChI=1S/C22H21NO2S/c1-25-20-14-12-19(13-15-20)23-21(24)16-26-22(17-8-4-2-5-9-17)18-10-6-3-7-11-18/h2-15,22H,16H2,1H3,(H,23,24). The van der Waals surface area contributed by atoms with Crippen LogP contribution in [0.1, 0.15) is 16.4 Å². The smallest absolute Gasteiger partial charge is 0.234 e. The van der Waals surface area contributed by atoms with Gasteiger partial charge >= 0.3 is 0 Å². The zero-order valence-electron chi connectivity index (χ0n) is 14.6. The molecule has 0 bridgehead atoms. The van der Waals surface area contributed by atoms with Crippen LogP contribution in [0.2, 0.25) is 0 Å².